The Balaban J connectivity index is 1.49. The van der Waals surface area contributed by atoms with E-state index in [1.807, 2.05) is 25.1 Å². The highest BCUT2D eigenvalue weighted by molar-refractivity contribution is 7.89. The highest BCUT2D eigenvalue weighted by atomic mass is 35.5. The Labute approximate surface area is 200 Å². The minimum absolute atomic E-state index is 0.112. The molecule has 0 aliphatic carbocycles. The summed E-state index contributed by atoms with van der Waals surface area (Å²) in [7, 11) is -2.31. The lowest BCUT2D eigenvalue weighted by Gasteiger charge is -2.38. The average Bonchev–Trinajstić information content (AvgIpc) is 3.31. The van der Waals surface area contributed by atoms with E-state index in [1.54, 1.807) is 24.0 Å². The van der Waals surface area contributed by atoms with Crippen molar-refractivity contribution >= 4 is 33.2 Å². The molecule has 0 aromatic heterocycles. The van der Waals surface area contributed by atoms with Crippen molar-refractivity contribution in [2.24, 2.45) is 0 Å². The summed E-state index contributed by atoms with van der Waals surface area (Å²) in [4.78, 5) is 17.6. The van der Waals surface area contributed by atoms with Crippen LogP contribution in [0.2, 0.25) is 5.02 Å². The third-order valence-corrected chi connectivity index (χ3v) is 8.86. The second-order valence-corrected chi connectivity index (χ2v) is 10.9. The van der Waals surface area contributed by atoms with Gasteiger partial charge < -0.3 is 14.5 Å². The number of benzene rings is 2. The molecule has 0 bridgehead atoms. The van der Waals surface area contributed by atoms with Crippen LogP contribution in [0.5, 0.6) is 5.75 Å². The summed E-state index contributed by atoms with van der Waals surface area (Å²) in [5.41, 5.74) is 2.86. The third-order valence-electron chi connectivity index (χ3n) is 6.57. The van der Waals surface area contributed by atoms with Crippen LogP contribution in [0.3, 0.4) is 0 Å². The van der Waals surface area contributed by atoms with E-state index in [0.29, 0.717) is 61.9 Å². The molecule has 178 valence electrons. The number of carbonyl (C=O) groups is 1. The van der Waals surface area contributed by atoms with Crippen molar-refractivity contribution in [3.05, 3.63) is 52.5 Å². The monoisotopic (exact) mass is 491 g/mol. The van der Waals surface area contributed by atoms with Crippen LogP contribution in [0.25, 0.3) is 0 Å². The van der Waals surface area contributed by atoms with Gasteiger partial charge in [-0.3, -0.25) is 4.79 Å². The summed E-state index contributed by atoms with van der Waals surface area (Å²) in [6.07, 6.45) is 1.20. The number of piperazine rings is 1. The Morgan fingerprint density at radius 3 is 2.39 bits per heavy atom. The highest BCUT2D eigenvalue weighted by Crippen LogP contribution is 2.31. The molecule has 2 saturated heterocycles. The van der Waals surface area contributed by atoms with E-state index in [0.717, 1.165) is 11.3 Å². The van der Waals surface area contributed by atoms with E-state index in [-0.39, 0.29) is 10.8 Å². The molecule has 2 aliphatic rings. The summed E-state index contributed by atoms with van der Waals surface area (Å²) in [6.45, 7) is 6.61. The summed E-state index contributed by atoms with van der Waals surface area (Å²) in [6, 6.07) is 10.2. The van der Waals surface area contributed by atoms with Gasteiger partial charge in [-0.15, -0.1) is 0 Å². The van der Waals surface area contributed by atoms with Crippen LogP contribution >= 0.6 is 11.6 Å². The quantitative estimate of drug-likeness (QED) is 0.640. The van der Waals surface area contributed by atoms with E-state index >= 15 is 0 Å². The number of methoxy groups -OCH3 is 1. The van der Waals surface area contributed by atoms with Gasteiger partial charge in [0, 0.05) is 49.5 Å². The van der Waals surface area contributed by atoms with Crippen LogP contribution in [0.15, 0.2) is 41.3 Å². The van der Waals surface area contributed by atoms with Gasteiger partial charge in [0.2, 0.25) is 15.9 Å². The van der Waals surface area contributed by atoms with Gasteiger partial charge in [-0.25, -0.2) is 8.42 Å². The molecule has 2 aromatic carbocycles. The lowest BCUT2D eigenvalue weighted by atomic mass is 10.1. The second kappa shape index (κ2) is 9.52. The number of hydrogen-bond donors (Lipinski definition) is 0. The normalized spacial score (nSPS) is 19.7. The van der Waals surface area contributed by atoms with Gasteiger partial charge >= 0.3 is 0 Å². The van der Waals surface area contributed by atoms with Gasteiger partial charge in [0.05, 0.1) is 12.0 Å². The molecule has 0 radical (unpaired) electrons. The minimum Gasteiger partial charge on any atom is -0.497 e. The Kier molecular flexibility index (Phi) is 6.88. The summed E-state index contributed by atoms with van der Waals surface area (Å²) < 4.78 is 33.6. The number of carbonyl (C=O) groups excluding carboxylic acids is 1. The number of sulfonamides is 1. The summed E-state index contributed by atoms with van der Waals surface area (Å²) >= 11 is 6.18. The van der Waals surface area contributed by atoms with Crippen LogP contribution in [0.4, 0.5) is 5.69 Å². The van der Waals surface area contributed by atoms with Gasteiger partial charge in [0.1, 0.15) is 11.8 Å². The Morgan fingerprint density at radius 2 is 1.70 bits per heavy atom. The first kappa shape index (κ1) is 23.9. The molecule has 2 aromatic rings. The summed E-state index contributed by atoms with van der Waals surface area (Å²) in [5, 5.41) is 0.689. The van der Waals surface area contributed by atoms with Crippen LogP contribution < -0.4 is 9.64 Å². The van der Waals surface area contributed by atoms with Crippen molar-refractivity contribution in [3.63, 3.8) is 0 Å². The molecule has 0 saturated carbocycles. The zero-order valence-electron chi connectivity index (χ0n) is 19.3. The van der Waals surface area contributed by atoms with Gasteiger partial charge in [0.25, 0.3) is 0 Å². The molecule has 2 fully saturated rings. The van der Waals surface area contributed by atoms with Crippen molar-refractivity contribution in [3.8, 4) is 5.75 Å². The van der Waals surface area contributed by atoms with Crippen molar-refractivity contribution in [1.82, 2.24) is 9.21 Å². The SMILES string of the molecule is COc1ccc(C)c(S(=O)(=O)N2CCCC2C(=O)N2CCN(c3cc(Cl)ccc3C)CC2)c1. The largest absolute Gasteiger partial charge is 0.497 e. The molecule has 4 rings (SSSR count). The van der Waals surface area contributed by atoms with Crippen LogP contribution in [0.1, 0.15) is 24.0 Å². The number of nitrogens with zero attached hydrogens (tertiary/aromatic N) is 3. The maximum Gasteiger partial charge on any atom is 0.244 e. The minimum atomic E-state index is -3.82. The first-order valence-electron chi connectivity index (χ1n) is 11.2. The number of halogens is 1. The fraction of sp³-hybridized carbons (Fsp3) is 0.458. The van der Waals surface area contributed by atoms with Crippen LogP contribution in [0, 0.1) is 13.8 Å². The maximum absolute atomic E-state index is 13.5. The standard InChI is InChI=1S/C24H30ClN3O4S/c1-17-6-8-19(25)15-22(17)26-11-13-27(14-12-26)24(29)21-5-4-10-28(21)33(30,31)23-16-20(32-3)9-7-18(23)2/h6-9,15-16,21H,4-5,10-14H2,1-3H3. The highest BCUT2D eigenvalue weighted by Gasteiger charge is 2.42. The van der Waals surface area contributed by atoms with E-state index < -0.39 is 16.1 Å². The van der Waals surface area contributed by atoms with E-state index in [4.69, 9.17) is 16.3 Å². The molecule has 2 heterocycles. The smallest absolute Gasteiger partial charge is 0.244 e. The fourth-order valence-corrected chi connectivity index (χ4v) is 6.75. The molecule has 1 amide bonds. The van der Waals surface area contributed by atoms with Crippen molar-refractivity contribution in [2.45, 2.75) is 37.6 Å². The lowest BCUT2D eigenvalue weighted by molar-refractivity contribution is -0.134. The fourth-order valence-electron chi connectivity index (χ4n) is 4.69. The molecule has 0 N–H and O–H groups in total. The number of aryl methyl sites for hydroxylation is 2. The van der Waals surface area contributed by atoms with Gasteiger partial charge in [0.15, 0.2) is 0 Å². The average molecular weight is 492 g/mol. The number of rotatable bonds is 5. The van der Waals surface area contributed by atoms with Crippen molar-refractivity contribution < 1.29 is 17.9 Å². The molecule has 0 spiro atoms. The van der Waals surface area contributed by atoms with Crippen molar-refractivity contribution in [2.75, 3.05) is 44.7 Å². The number of anilines is 1. The third kappa shape index (κ3) is 4.69. The molecule has 7 nitrogen and oxygen atoms in total. The van der Waals surface area contributed by atoms with Crippen molar-refractivity contribution in [1.29, 1.82) is 0 Å². The Morgan fingerprint density at radius 1 is 1.00 bits per heavy atom. The zero-order chi connectivity index (χ0) is 23.8. The predicted octanol–water partition coefficient (Wildman–Crippen LogP) is 3.47. The van der Waals surface area contributed by atoms with Gasteiger partial charge in [-0.05, 0) is 56.0 Å². The second-order valence-electron chi connectivity index (χ2n) is 8.65. The first-order valence-corrected chi connectivity index (χ1v) is 13.0. The Bertz CT molecular complexity index is 1150. The first-order chi connectivity index (χ1) is 15.7. The topological polar surface area (TPSA) is 70.2 Å². The van der Waals surface area contributed by atoms with E-state index in [9.17, 15) is 13.2 Å². The number of amides is 1. The summed E-state index contributed by atoms with van der Waals surface area (Å²) in [5.74, 6) is 0.368. The van der Waals surface area contributed by atoms with Crippen LogP contribution in [-0.4, -0.2) is 69.4 Å². The van der Waals surface area contributed by atoms with Gasteiger partial charge in [-0.2, -0.15) is 4.31 Å². The zero-order valence-corrected chi connectivity index (χ0v) is 20.8. The number of hydrogen-bond acceptors (Lipinski definition) is 5. The predicted molar refractivity (Wildman–Crippen MR) is 130 cm³/mol. The molecule has 9 heteroatoms. The molecule has 2 aliphatic heterocycles. The van der Waals surface area contributed by atoms with Gasteiger partial charge in [-0.1, -0.05) is 23.7 Å². The number of ether oxygens (including phenoxy) is 1. The lowest BCUT2D eigenvalue weighted by Crippen LogP contribution is -2.54. The molecular formula is C24H30ClN3O4S. The Hall–Kier alpha value is -2.29. The molecular weight excluding hydrogens is 462 g/mol. The maximum atomic E-state index is 13.5. The molecule has 33 heavy (non-hydrogen) atoms. The molecule has 1 atom stereocenters. The molecule has 1 unspecified atom stereocenters. The van der Waals surface area contributed by atoms with E-state index in [2.05, 4.69) is 4.90 Å². The van der Waals surface area contributed by atoms with E-state index in [1.165, 1.54) is 17.5 Å². The van der Waals surface area contributed by atoms with Crippen LogP contribution in [-0.2, 0) is 14.8 Å².